The molecule has 0 unspecified atom stereocenters. The first-order valence-electron chi connectivity index (χ1n) is 6.15. The van der Waals surface area contributed by atoms with Crippen LogP contribution < -0.4 is 11.5 Å². The molecule has 0 radical (unpaired) electrons. The second-order valence-electron chi connectivity index (χ2n) is 4.78. The van der Waals surface area contributed by atoms with E-state index in [0.29, 0.717) is 11.0 Å². The molecular weight excluding hydrogens is 393 g/mol. The minimum atomic E-state index is -1.20. The molecule has 114 valence electrons. The number of aliphatic hydroxyl groups excluding tert-OH is 3. The number of aliphatic hydroxyl groups is 3. The largest absolute Gasteiger partial charge is 0.394 e. The zero-order valence-corrected chi connectivity index (χ0v) is 12.9. The van der Waals surface area contributed by atoms with Crippen molar-refractivity contribution in [2.75, 3.05) is 18.1 Å². The molecule has 0 bridgehead atoms. The van der Waals surface area contributed by atoms with E-state index in [2.05, 4.69) is 32.6 Å². The minimum absolute atomic E-state index is 0.00231. The van der Waals surface area contributed by atoms with Gasteiger partial charge in [-0.25, -0.2) is 0 Å². The van der Waals surface area contributed by atoms with E-state index in [0.717, 1.165) is 3.57 Å². The van der Waals surface area contributed by atoms with Crippen molar-refractivity contribution in [2.45, 2.75) is 24.5 Å². The molecule has 0 aromatic carbocycles. The van der Waals surface area contributed by atoms with Gasteiger partial charge in [0.2, 0.25) is 5.95 Å². The zero-order valence-electron chi connectivity index (χ0n) is 10.7. The van der Waals surface area contributed by atoms with E-state index in [-0.39, 0.29) is 11.8 Å². The summed E-state index contributed by atoms with van der Waals surface area (Å²) in [6.07, 6.45) is -2.47. The van der Waals surface area contributed by atoms with Gasteiger partial charge >= 0.3 is 0 Å². The Kier molecular flexibility index (Phi) is 3.65. The van der Waals surface area contributed by atoms with Crippen LogP contribution in [0.4, 0.5) is 11.8 Å². The van der Waals surface area contributed by atoms with Crippen LogP contribution in [-0.4, -0.2) is 54.8 Å². The quantitative estimate of drug-likeness (QED) is 0.390. The molecule has 1 fully saturated rings. The van der Waals surface area contributed by atoms with Gasteiger partial charge in [-0.15, -0.1) is 0 Å². The van der Waals surface area contributed by atoms with Crippen molar-refractivity contribution in [3.8, 4) is 0 Å². The number of nitrogens with two attached hydrogens (primary N) is 2. The molecular formula is C11H14IN5O4. The summed E-state index contributed by atoms with van der Waals surface area (Å²) < 4.78 is 7.79. The Bertz CT molecular complexity index is 693. The molecule has 1 aliphatic rings. The zero-order chi connectivity index (χ0) is 15.3. The standard InChI is InChI=1S/C11H14IN5O4/c12-3-1-17(9-5(3)8(13)15-11(14)16-9)10-7(20)6(19)4(2-18)21-10/h1,4,6-7,10,18-20H,2H2,(H4,13,14,15,16)/t4-,6-,7-,10-/m0/s1. The Balaban J connectivity index is 2.13. The Morgan fingerprint density at radius 2 is 2.00 bits per heavy atom. The van der Waals surface area contributed by atoms with E-state index in [1.165, 1.54) is 4.57 Å². The smallest absolute Gasteiger partial charge is 0.223 e. The van der Waals surface area contributed by atoms with Gasteiger partial charge in [-0.2, -0.15) is 9.97 Å². The summed E-state index contributed by atoms with van der Waals surface area (Å²) in [7, 11) is 0. The van der Waals surface area contributed by atoms with E-state index in [4.69, 9.17) is 21.3 Å². The van der Waals surface area contributed by atoms with Crippen LogP contribution in [0, 0.1) is 3.57 Å². The number of nitrogens with zero attached hydrogens (tertiary/aromatic N) is 3. The van der Waals surface area contributed by atoms with Crippen molar-refractivity contribution < 1.29 is 20.1 Å². The maximum Gasteiger partial charge on any atom is 0.223 e. The molecule has 0 amide bonds. The van der Waals surface area contributed by atoms with E-state index in [9.17, 15) is 10.2 Å². The lowest BCUT2D eigenvalue weighted by atomic mass is 10.1. The first-order chi connectivity index (χ1) is 9.93. The number of hydrogen-bond donors (Lipinski definition) is 5. The Labute approximate surface area is 132 Å². The highest BCUT2D eigenvalue weighted by molar-refractivity contribution is 14.1. The Morgan fingerprint density at radius 1 is 1.29 bits per heavy atom. The maximum atomic E-state index is 10.1. The molecule has 9 nitrogen and oxygen atoms in total. The fourth-order valence-electron chi connectivity index (χ4n) is 2.45. The van der Waals surface area contributed by atoms with Gasteiger partial charge in [0.25, 0.3) is 0 Å². The highest BCUT2D eigenvalue weighted by atomic mass is 127. The van der Waals surface area contributed by atoms with Crippen LogP contribution in [-0.2, 0) is 4.74 Å². The average Bonchev–Trinajstić information content (AvgIpc) is 2.89. The molecule has 1 aliphatic heterocycles. The molecule has 0 aliphatic carbocycles. The van der Waals surface area contributed by atoms with E-state index >= 15 is 0 Å². The SMILES string of the molecule is Nc1nc(N)c2c(I)cn([C@H]3O[C@@H](CO)[C@H](O)[C@@H]3O)c2n1. The normalized spacial score (nSPS) is 29.3. The molecule has 2 aromatic heterocycles. The lowest BCUT2D eigenvalue weighted by Crippen LogP contribution is -2.33. The van der Waals surface area contributed by atoms with Crippen LogP contribution in [0.3, 0.4) is 0 Å². The molecule has 0 spiro atoms. The van der Waals surface area contributed by atoms with Gasteiger partial charge in [0, 0.05) is 9.77 Å². The number of hydrogen-bond acceptors (Lipinski definition) is 8. The molecule has 7 N–H and O–H groups in total. The number of fused-ring (bicyclic) bond motifs is 1. The topological polar surface area (TPSA) is 153 Å². The molecule has 2 aromatic rings. The summed E-state index contributed by atoms with van der Waals surface area (Å²) in [5.41, 5.74) is 11.9. The number of halogens is 1. The molecule has 1 saturated heterocycles. The molecule has 4 atom stereocenters. The minimum Gasteiger partial charge on any atom is -0.394 e. The van der Waals surface area contributed by atoms with Crippen molar-refractivity contribution in [1.82, 2.24) is 14.5 Å². The number of rotatable bonds is 2. The van der Waals surface area contributed by atoms with Gasteiger partial charge in [0.15, 0.2) is 11.9 Å². The van der Waals surface area contributed by atoms with Gasteiger partial charge < -0.3 is 36.1 Å². The number of aromatic nitrogens is 3. The maximum absolute atomic E-state index is 10.1. The summed E-state index contributed by atoms with van der Waals surface area (Å²) in [5.74, 6) is 0.231. The summed E-state index contributed by atoms with van der Waals surface area (Å²) in [4.78, 5) is 8.02. The van der Waals surface area contributed by atoms with Crippen molar-refractivity contribution >= 4 is 45.4 Å². The number of ether oxygens (including phenoxy) is 1. The molecule has 10 heteroatoms. The first-order valence-corrected chi connectivity index (χ1v) is 7.23. The van der Waals surface area contributed by atoms with Crippen molar-refractivity contribution in [1.29, 1.82) is 0 Å². The van der Waals surface area contributed by atoms with E-state index < -0.39 is 31.1 Å². The van der Waals surface area contributed by atoms with Gasteiger partial charge in [-0.1, -0.05) is 0 Å². The van der Waals surface area contributed by atoms with Crippen LogP contribution >= 0.6 is 22.6 Å². The van der Waals surface area contributed by atoms with Crippen LogP contribution in [0.25, 0.3) is 11.0 Å². The second-order valence-corrected chi connectivity index (χ2v) is 5.94. The number of anilines is 2. The lowest BCUT2D eigenvalue weighted by Gasteiger charge is -2.17. The molecule has 3 rings (SSSR count). The summed E-state index contributed by atoms with van der Waals surface area (Å²) in [6.45, 7) is -0.399. The predicted octanol–water partition coefficient (Wildman–Crippen LogP) is -1.19. The third kappa shape index (κ3) is 2.23. The molecule has 3 heterocycles. The second kappa shape index (κ2) is 5.21. The van der Waals surface area contributed by atoms with Crippen LogP contribution in [0.2, 0.25) is 0 Å². The van der Waals surface area contributed by atoms with Gasteiger partial charge in [0.1, 0.15) is 24.1 Å². The fourth-order valence-corrected chi connectivity index (χ4v) is 3.27. The van der Waals surface area contributed by atoms with Gasteiger partial charge in [0.05, 0.1) is 12.0 Å². The Morgan fingerprint density at radius 3 is 2.62 bits per heavy atom. The van der Waals surface area contributed by atoms with Gasteiger partial charge in [-0.3, -0.25) is 0 Å². The highest BCUT2D eigenvalue weighted by Gasteiger charge is 2.44. The predicted molar refractivity (Wildman–Crippen MR) is 82.1 cm³/mol. The van der Waals surface area contributed by atoms with Crippen LogP contribution in [0.1, 0.15) is 6.23 Å². The monoisotopic (exact) mass is 407 g/mol. The van der Waals surface area contributed by atoms with E-state index in [1.54, 1.807) is 6.20 Å². The van der Waals surface area contributed by atoms with Crippen molar-refractivity contribution in [3.05, 3.63) is 9.77 Å². The van der Waals surface area contributed by atoms with Crippen LogP contribution in [0.15, 0.2) is 6.20 Å². The van der Waals surface area contributed by atoms with E-state index in [1.807, 2.05) is 0 Å². The average molecular weight is 407 g/mol. The number of nitrogen functional groups attached to an aromatic ring is 2. The van der Waals surface area contributed by atoms with Gasteiger partial charge in [-0.05, 0) is 22.6 Å². The Hall–Kier alpha value is -1.21. The van der Waals surface area contributed by atoms with Crippen molar-refractivity contribution in [2.24, 2.45) is 0 Å². The van der Waals surface area contributed by atoms with Crippen LogP contribution in [0.5, 0.6) is 0 Å². The molecule has 21 heavy (non-hydrogen) atoms. The summed E-state index contributed by atoms with van der Waals surface area (Å²) in [6, 6.07) is 0. The third-order valence-corrected chi connectivity index (χ3v) is 4.28. The fraction of sp³-hybridized carbons (Fsp3) is 0.455. The summed E-state index contributed by atoms with van der Waals surface area (Å²) >= 11 is 2.06. The first kappa shape index (κ1) is 14.7. The third-order valence-electron chi connectivity index (χ3n) is 3.46. The van der Waals surface area contributed by atoms with Crippen molar-refractivity contribution in [3.63, 3.8) is 0 Å². The lowest BCUT2D eigenvalue weighted by molar-refractivity contribution is -0.0509. The summed E-state index contributed by atoms with van der Waals surface area (Å²) in [5, 5.41) is 29.7. The highest BCUT2D eigenvalue weighted by Crippen LogP contribution is 2.35. The molecule has 0 saturated carbocycles.